The van der Waals surface area contributed by atoms with Crippen molar-refractivity contribution >= 4 is 6.09 Å². The Balaban J connectivity index is 1.62. The van der Waals surface area contributed by atoms with Crippen LogP contribution in [0.1, 0.15) is 25.0 Å². The van der Waals surface area contributed by atoms with Gasteiger partial charge in [-0.05, 0) is 42.5 Å². The van der Waals surface area contributed by atoms with Gasteiger partial charge in [-0.25, -0.2) is 4.79 Å². The third-order valence-electron chi connectivity index (χ3n) is 3.88. The van der Waals surface area contributed by atoms with Gasteiger partial charge >= 0.3 is 6.09 Å². The van der Waals surface area contributed by atoms with Gasteiger partial charge in [0.1, 0.15) is 6.61 Å². The molecule has 4 heteroatoms. The number of hydrogen-bond acceptors (Lipinski definition) is 3. The molecule has 1 aromatic heterocycles. The van der Waals surface area contributed by atoms with Crippen molar-refractivity contribution < 1.29 is 9.53 Å². The monoisotopic (exact) mass is 296 g/mol. The molecule has 0 saturated carbocycles. The van der Waals surface area contributed by atoms with E-state index in [-0.39, 0.29) is 12.7 Å². The standard InChI is InChI=1S/C18H20N2O2/c21-18(20-11-5-2-6-12-20)22-14-17-13-16(9-10-19-17)15-7-3-1-4-8-15/h1,3-4,7-10,13H,2,5-6,11-12,14H2. The summed E-state index contributed by atoms with van der Waals surface area (Å²) in [6, 6.07) is 14.0. The highest BCUT2D eigenvalue weighted by Gasteiger charge is 2.17. The van der Waals surface area contributed by atoms with Gasteiger partial charge in [0.25, 0.3) is 0 Å². The minimum absolute atomic E-state index is 0.218. The molecule has 1 aliphatic rings. The zero-order chi connectivity index (χ0) is 15.2. The van der Waals surface area contributed by atoms with Crippen molar-refractivity contribution in [2.45, 2.75) is 25.9 Å². The summed E-state index contributed by atoms with van der Waals surface area (Å²) in [4.78, 5) is 18.1. The van der Waals surface area contributed by atoms with E-state index in [1.807, 2.05) is 30.3 Å². The van der Waals surface area contributed by atoms with Gasteiger partial charge in [0.2, 0.25) is 0 Å². The van der Waals surface area contributed by atoms with E-state index >= 15 is 0 Å². The lowest BCUT2D eigenvalue weighted by atomic mass is 10.1. The van der Waals surface area contributed by atoms with Crippen molar-refractivity contribution in [3.8, 4) is 11.1 Å². The second kappa shape index (κ2) is 7.07. The molecule has 0 spiro atoms. The normalized spacial score (nSPS) is 14.6. The van der Waals surface area contributed by atoms with Crippen LogP contribution in [0.2, 0.25) is 0 Å². The van der Waals surface area contributed by atoms with Crippen molar-refractivity contribution in [3.05, 3.63) is 54.4 Å². The van der Waals surface area contributed by atoms with Crippen LogP contribution in [0.25, 0.3) is 11.1 Å². The van der Waals surface area contributed by atoms with E-state index in [0.717, 1.165) is 42.8 Å². The molecular formula is C18H20N2O2. The zero-order valence-electron chi connectivity index (χ0n) is 12.6. The van der Waals surface area contributed by atoms with E-state index < -0.39 is 0 Å². The molecule has 4 nitrogen and oxygen atoms in total. The highest BCUT2D eigenvalue weighted by atomic mass is 16.6. The van der Waals surface area contributed by atoms with Crippen molar-refractivity contribution in [1.29, 1.82) is 0 Å². The molecule has 1 aliphatic heterocycles. The quantitative estimate of drug-likeness (QED) is 0.863. The van der Waals surface area contributed by atoms with E-state index in [0.29, 0.717) is 0 Å². The SMILES string of the molecule is O=C(OCc1cc(-c2ccccc2)ccn1)N1CCCCC1. The third kappa shape index (κ3) is 3.64. The lowest BCUT2D eigenvalue weighted by Gasteiger charge is -2.25. The number of pyridine rings is 1. The van der Waals surface area contributed by atoms with Crippen LogP contribution in [0.3, 0.4) is 0 Å². The van der Waals surface area contributed by atoms with Gasteiger partial charge in [0, 0.05) is 19.3 Å². The van der Waals surface area contributed by atoms with Crippen LogP contribution < -0.4 is 0 Å². The van der Waals surface area contributed by atoms with Gasteiger partial charge in [-0.2, -0.15) is 0 Å². The number of hydrogen-bond donors (Lipinski definition) is 0. The summed E-state index contributed by atoms with van der Waals surface area (Å²) in [7, 11) is 0. The highest BCUT2D eigenvalue weighted by molar-refractivity contribution is 5.68. The molecule has 0 N–H and O–H groups in total. The molecule has 1 saturated heterocycles. The summed E-state index contributed by atoms with van der Waals surface area (Å²) in [5.74, 6) is 0. The van der Waals surface area contributed by atoms with E-state index in [2.05, 4.69) is 17.1 Å². The van der Waals surface area contributed by atoms with Crippen molar-refractivity contribution in [2.24, 2.45) is 0 Å². The molecule has 2 heterocycles. The average Bonchev–Trinajstić information content (AvgIpc) is 2.61. The third-order valence-corrected chi connectivity index (χ3v) is 3.88. The molecule has 0 atom stereocenters. The fourth-order valence-electron chi connectivity index (χ4n) is 2.67. The maximum atomic E-state index is 12.0. The van der Waals surface area contributed by atoms with Crippen LogP contribution in [-0.4, -0.2) is 29.1 Å². The number of likely N-dealkylation sites (tertiary alicyclic amines) is 1. The van der Waals surface area contributed by atoms with E-state index in [1.54, 1.807) is 11.1 Å². The number of carbonyl (C=O) groups is 1. The van der Waals surface area contributed by atoms with Crippen LogP contribution in [-0.2, 0) is 11.3 Å². The van der Waals surface area contributed by atoms with Crippen LogP contribution in [0.15, 0.2) is 48.7 Å². The molecular weight excluding hydrogens is 276 g/mol. The Morgan fingerprint density at radius 1 is 1.05 bits per heavy atom. The Morgan fingerprint density at radius 3 is 2.59 bits per heavy atom. The van der Waals surface area contributed by atoms with Gasteiger partial charge in [-0.1, -0.05) is 30.3 Å². The summed E-state index contributed by atoms with van der Waals surface area (Å²) in [5.41, 5.74) is 2.99. The van der Waals surface area contributed by atoms with Crippen molar-refractivity contribution in [3.63, 3.8) is 0 Å². The van der Waals surface area contributed by atoms with Gasteiger partial charge in [0.15, 0.2) is 0 Å². The molecule has 22 heavy (non-hydrogen) atoms. The Labute approximate surface area is 130 Å². The maximum Gasteiger partial charge on any atom is 0.410 e. The maximum absolute atomic E-state index is 12.0. The number of carbonyl (C=O) groups excluding carboxylic acids is 1. The Bertz CT molecular complexity index is 622. The number of nitrogens with zero attached hydrogens (tertiary/aromatic N) is 2. The Morgan fingerprint density at radius 2 is 1.82 bits per heavy atom. The molecule has 0 aliphatic carbocycles. The predicted octanol–water partition coefficient (Wildman–Crippen LogP) is 3.87. The first kappa shape index (κ1) is 14.6. The minimum atomic E-state index is -0.230. The van der Waals surface area contributed by atoms with Crippen LogP contribution in [0.4, 0.5) is 4.79 Å². The molecule has 3 rings (SSSR count). The van der Waals surface area contributed by atoms with Crippen LogP contribution in [0.5, 0.6) is 0 Å². The van der Waals surface area contributed by atoms with Gasteiger partial charge in [0.05, 0.1) is 5.69 Å². The summed E-state index contributed by atoms with van der Waals surface area (Å²) in [5, 5.41) is 0. The molecule has 0 unspecified atom stereocenters. The number of ether oxygens (including phenoxy) is 1. The fourth-order valence-corrected chi connectivity index (χ4v) is 2.67. The first-order chi connectivity index (χ1) is 10.8. The molecule has 1 aromatic carbocycles. The zero-order valence-corrected chi connectivity index (χ0v) is 12.6. The lowest BCUT2D eigenvalue weighted by Crippen LogP contribution is -2.35. The van der Waals surface area contributed by atoms with Crippen LogP contribution in [0, 0.1) is 0 Å². The van der Waals surface area contributed by atoms with Gasteiger partial charge in [-0.3, -0.25) is 4.98 Å². The second-order valence-electron chi connectivity index (χ2n) is 5.50. The van der Waals surface area contributed by atoms with Crippen molar-refractivity contribution in [1.82, 2.24) is 9.88 Å². The first-order valence-electron chi connectivity index (χ1n) is 7.75. The van der Waals surface area contributed by atoms with E-state index in [9.17, 15) is 4.79 Å². The smallest absolute Gasteiger partial charge is 0.410 e. The summed E-state index contributed by atoms with van der Waals surface area (Å²) >= 11 is 0. The summed E-state index contributed by atoms with van der Waals surface area (Å²) < 4.78 is 5.38. The number of rotatable bonds is 3. The molecule has 1 amide bonds. The van der Waals surface area contributed by atoms with Gasteiger partial charge < -0.3 is 9.64 Å². The van der Waals surface area contributed by atoms with E-state index in [4.69, 9.17) is 4.74 Å². The largest absolute Gasteiger partial charge is 0.443 e. The number of amides is 1. The number of aromatic nitrogens is 1. The molecule has 0 bridgehead atoms. The Hall–Kier alpha value is -2.36. The topological polar surface area (TPSA) is 42.4 Å². The highest BCUT2D eigenvalue weighted by Crippen LogP contribution is 2.19. The predicted molar refractivity (Wildman–Crippen MR) is 85.3 cm³/mol. The van der Waals surface area contributed by atoms with E-state index in [1.165, 1.54) is 6.42 Å². The second-order valence-corrected chi connectivity index (χ2v) is 5.50. The number of piperidine rings is 1. The molecule has 114 valence electrons. The summed E-state index contributed by atoms with van der Waals surface area (Å²) in [6.45, 7) is 1.82. The molecule has 2 aromatic rings. The molecule has 1 fully saturated rings. The Kier molecular flexibility index (Phi) is 4.68. The van der Waals surface area contributed by atoms with Crippen LogP contribution >= 0.6 is 0 Å². The minimum Gasteiger partial charge on any atom is -0.443 e. The van der Waals surface area contributed by atoms with Crippen molar-refractivity contribution in [2.75, 3.05) is 13.1 Å². The first-order valence-corrected chi connectivity index (χ1v) is 7.75. The molecule has 0 radical (unpaired) electrons. The fraction of sp³-hybridized carbons (Fsp3) is 0.333. The summed E-state index contributed by atoms with van der Waals surface area (Å²) in [6.07, 6.45) is 4.86. The average molecular weight is 296 g/mol. The van der Waals surface area contributed by atoms with Gasteiger partial charge in [-0.15, -0.1) is 0 Å². The lowest BCUT2D eigenvalue weighted by molar-refractivity contribution is 0.0884. The number of benzene rings is 1.